The lowest BCUT2D eigenvalue weighted by atomic mass is 9.89. The first kappa shape index (κ1) is 22.7. The SMILES string of the molecule is CC(N)(c1cccc(Cl)c1)c1cccc(-c2cnc3c(NCCN4CCOCC4)nccn23)n1. The van der Waals surface area contributed by atoms with E-state index in [1.807, 2.05) is 66.2 Å². The molecule has 1 fully saturated rings. The number of imidazole rings is 1. The minimum absolute atomic E-state index is 0.647. The molecule has 176 valence electrons. The molecule has 1 aliphatic heterocycles. The van der Waals surface area contributed by atoms with Crippen molar-refractivity contribution in [2.75, 3.05) is 44.7 Å². The van der Waals surface area contributed by atoms with Crippen LogP contribution in [0.2, 0.25) is 5.02 Å². The minimum Gasteiger partial charge on any atom is -0.379 e. The van der Waals surface area contributed by atoms with E-state index in [0.29, 0.717) is 5.02 Å². The molecule has 4 aromatic rings. The van der Waals surface area contributed by atoms with Gasteiger partial charge in [-0.3, -0.25) is 9.30 Å². The number of halogens is 1. The standard InChI is InChI=1S/C25H28ClN7O/c1-25(27,18-4-2-5-19(26)16-18)22-7-3-6-20(31-22)21-17-30-24-23(29-9-11-33(21)24)28-8-10-32-12-14-34-15-13-32/h2-7,9,11,16-17H,8,10,12-15,27H2,1H3,(H,28,29). The number of pyridine rings is 1. The number of hydrogen-bond donors (Lipinski definition) is 2. The fourth-order valence-corrected chi connectivity index (χ4v) is 4.41. The second-order valence-electron chi connectivity index (χ2n) is 8.61. The average Bonchev–Trinajstić information content (AvgIpc) is 3.30. The first-order chi connectivity index (χ1) is 16.5. The number of benzene rings is 1. The summed E-state index contributed by atoms with van der Waals surface area (Å²) in [5.74, 6) is 0.751. The van der Waals surface area contributed by atoms with Crippen LogP contribution in [0.5, 0.6) is 0 Å². The Morgan fingerprint density at radius 2 is 1.97 bits per heavy atom. The predicted molar refractivity (Wildman–Crippen MR) is 134 cm³/mol. The highest BCUT2D eigenvalue weighted by Gasteiger charge is 2.26. The predicted octanol–water partition coefficient (Wildman–Crippen LogP) is 3.41. The minimum atomic E-state index is -0.796. The van der Waals surface area contributed by atoms with Gasteiger partial charge in [0.25, 0.3) is 0 Å². The molecule has 3 N–H and O–H groups in total. The normalized spacial score (nSPS) is 16.4. The molecule has 1 aliphatic rings. The lowest BCUT2D eigenvalue weighted by Gasteiger charge is -2.26. The van der Waals surface area contributed by atoms with E-state index in [1.165, 1.54) is 0 Å². The highest BCUT2D eigenvalue weighted by atomic mass is 35.5. The summed E-state index contributed by atoms with van der Waals surface area (Å²) in [7, 11) is 0. The second-order valence-corrected chi connectivity index (χ2v) is 9.05. The number of hydrogen-bond acceptors (Lipinski definition) is 7. The summed E-state index contributed by atoms with van der Waals surface area (Å²) in [6.07, 6.45) is 5.50. The molecule has 1 atom stereocenters. The van der Waals surface area contributed by atoms with Crippen molar-refractivity contribution in [3.63, 3.8) is 0 Å². The van der Waals surface area contributed by atoms with Gasteiger partial charge in [0.2, 0.25) is 0 Å². The van der Waals surface area contributed by atoms with Crippen LogP contribution in [0.15, 0.2) is 61.1 Å². The molecule has 3 aromatic heterocycles. The van der Waals surface area contributed by atoms with Crippen molar-refractivity contribution >= 4 is 23.1 Å². The van der Waals surface area contributed by atoms with E-state index in [1.54, 1.807) is 6.20 Å². The van der Waals surface area contributed by atoms with Gasteiger partial charge in [0.1, 0.15) is 0 Å². The van der Waals surface area contributed by atoms with E-state index in [0.717, 1.165) is 73.5 Å². The molecule has 1 saturated heterocycles. The second kappa shape index (κ2) is 9.68. The monoisotopic (exact) mass is 477 g/mol. The van der Waals surface area contributed by atoms with Crippen molar-refractivity contribution in [1.29, 1.82) is 0 Å². The van der Waals surface area contributed by atoms with E-state index in [4.69, 9.17) is 27.1 Å². The zero-order valence-corrected chi connectivity index (χ0v) is 19.9. The van der Waals surface area contributed by atoms with Crippen LogP contribution in [-0.2, 0) is 10.3 Å². The molecule has 0 spiro atoms. The van der Waals surface area contributed by atoms with Crippen LogP contribution in [0.25, 0.3) is 17.0 Å². The van der Waals surface area contributed by atoms with E-state index in [2.05, 4.69) is 20.2 Å². The van der Waals surface area contributed by atoms with E-state index in [9.17, 15) is 0 Å². The Kier molecular flexibility index (Phi) is 6.47. The van der Waals surface area contributed by atoms with Crippen LogP contribution in [-0.4, -0.2) is 63.6 Å². The Balaban J connectivity index is 1.40. The summed E-state index contributed by atoms with van der Waals surface area (Å²) in [4.78, 5) is 16.4. The molecule has 1 aromatic carbocycles. The van der Waals surface area contributed by atoms with Crippen LogP contribution in [0, 0.1) is 0 Å². The molecule has 34 heavy (non-hydrogen) atoms. The summed E-state index contributed by atoms with van der Waals surface area (Å²) in [6.45, 7) is 7.18. The van der Waals surface area contributed by atoms with Crippen molar-refractivity contribution in [3.05, 3.63) is 77.3 Å². The number of nitrogens with zero attached hydrogens (tertiary/aromatic N) is 5. The maximum atomic E-state index is 6.73. The summed E-state index contributed by atoms with van der Waals surface area (Å²) < 4.78 is 7.42. The molecule has 4 heterocycles. The Hall–Kier alpha value is -3.04. The van der Waals surface area contributed by atoms with E-state index >= 15 is 0 Å². The maximum absolute atomic E-state index is 6.73. The lowest BCUT2D eigenvalue weighted by Crippen LogP contribution is -2.39. The zero-order chi connectivity index (χ0) is 23.5. The molecule has 5 rings (SSSR count). The number of aromatic nitrogens is 4. The van der Waals surface area contributed by atoms with Gasteiger partial charge in [-0.15, -0.1) is 0 Å². The fourth-order valence-electron chi connectivity index (χ4n) is 4.22. The Bertz CT molecular complexity index is 1280. The third-order valence-electron chi connectivity index (χ3n) is 6.22. The Labute approximate surface area is 203 Å². The Morgan fingerprint density at radius 1 is 1.15 bits per heavy atom. The van der Waals surface area contributed by atoms with Crippen LogP contribution >= 0.6 is 11.6 Å². The van der Waals surface area contributed by atoms with E-state index < -0.39 is 5.54 Å². The summed E-state index contributed by atoms with van der Waals surface area (Å²) in [5, 5.41) is 4.08. The van der Waals surface area contributed by atoms with Crippen molar-refractivity contribution in [1.82, 2.24) is 24.3 Å². The van der Waals surface area contributed by atoms with Crippen LogP contribution in [0.3, 0.4) is 0 Å². The average molecular weight is 478 g/mol. The quantitative estimate of drug-likeness (QED) is 0.421. The third kappa shape index (κ3) is 4.63. The molecule has 0 saturated carbocycles. The van der Waals surface area contributed by atoms with Crippen molar-refractivity contribution < 1.29 is 4.74 Å². The van der Waals surface area contributed by atoms with Gasteiger partial charge in [0.05, 0.1) is 42.0 Å². The largest absolute Gasteiger partial charge is 0.379 e. The smallest absolute Gasteiger partial charge is 0.180 e. The number of rotatable bonds is 7. The first-order valence-electron chi connectivity index (χ1n) is 11.4. The van der Waals surface area contributed by atoms with E-state index in [-0.39, 0.29) is 0 Å². The topological polar surface area (TPSA) is 93.6 Å². The number of nitrogens with one attached hydrogen (secondary N) is 1. The molecule has 9 heteroatoms. The summed E-state index contributed by atoms with van der Waals surface area (Å²) in [5.41, 5.74) is 10.0. The van der Waals surface area contributed by atoms with Crippen molar-refractivity contribution in [2.45, 2.75) is 12.5 Å². The highest BCUT2D eigenvalue weighted by molar-refractivity contribution is 6.30. The Morgan fingerprint density at radius 3 is 2.79 bits per heavy atom. The third-order valence-corrected chi connectivity index (χ3v) is 6.46. The molecule has 0 bridgehead atoms. The molecule has 0 amide bonds. The number of morpholine rings is 1. The van der Waals surface area contributed by atoms with Gasteiger partial charge in [0, 0.05) is 43.6 Å². The number of nitrogens with two attached hydrogens (primary N) is 1. The number of fused-ring (bicyclic) bond motifs is 1. The molecule has 8 nitrogen and oxygen atoms in total. The zero-order valence-electron chi connectivity index (χ0n) is 19.1. The number of anilines is 1. The lowest BCUT2D eigenvalue weighted by molar-refractivity contribution is 0.0398. The highest BCUT2D eigenvalue weighted by Crippen LogP contribution is 2.29. The van der Waals surface area contributed by atoms with Gasteiger partial charge in [0.15, 0.2) is 11.5 Å². The molecular formula is C25H28ClN7O. The fraction of sp³-hybridized carbons (Fsp3) is 0.320. The van der Waals surface area contributed by atoms with Gasteiger partial charge in [-0.05, 0) is 36.8 Å². The van der Waals surface area contributed by atoms with Gasteiger partial charge >= 0.3 is 0 Å². The van der Waals surface area contributed by atoms with Crippen LogP contribution in [0.4, 0.5) is 5.82 Å². The van der Waals surface area contributed by atoms with Crippen LogP contribution < -0.4 is 11.1 Å². The van der Waals surface area contributed by atoms with Crippen LogP contribution in [0.1, 0.15) is 18.2 Å². The first-order valence-corrected chi connectivity index (χ1v) is 11.8. The van der Waals surface area contributed by atoms with Gasteiger partial charge in [-0.2, -0.15) is 0 Å². The van der Waals surface area contributed by atoms with Crippen molar-refractivity contribution in [3.8, 4) is 11.4 Å². The van der Waals surface area contributed by atoms with Gasteiger partial charge < -0.3 is 15.8 Å². The summed E-state index contributed by atoms with van der Waals surface area (Å²) >= 11 is 6.20. The van der Waals surface area contributed by atoms with Crippen molar-refractivity contribution in [2.24, 2.45) is 5.73 Å². The molecular weight excluding hydrogens is 450 g/mol. The molecule has 0 aliphatic carbocycles. The van der Waals surface area contributed by atoms with Gasteiger partial charge in [-0.1, -0.05) is 29.8 Å². The summed E-state index contributed by atoms with van der Waals surface area (Å²) in [6, 6.07) is 13.5. The maximum Gasteiger partial charge on any atom is 0.180 e. The van der Waals surface area contributed by atoms with Gasteiger partial charge in [-0.25, -0.2) is 15.0 Å². The molecule has 0 radical (unpaired) electrons. The molecule has 1 unspecified atom stereocenters. The number of ether oxygens (including phenoxy) is 1.